The highest BCUT2D eigenvalue weighted by Gasteiger charge is 2.43. The van der Waals surface area contributed by atoms with Crippen LogP contribution in [0.4, 0.5) is 21.9 Å². The lowest BCUT2D eigenvalue weighted by atomic mass is 10.2. The Morgan fingerprint density at radius 1 is 1.00 bits per heavy atom. The maximum Gasteiger partial charge on any atom is 0.343 e. The summed E-state index contributed by atoms with van der Waals surface area (Å²) in [6.07, 6.45) is 0. The SMILES string of the molecule is Cc1ccc(N2C(=O)N(CC(=O)Nc3ccccc3)c3ccccc3S2(=O)=O)cc1Cl. The standard InChI is InChI=1S/C22H18ClN3O4S/c1-15-11-12-17(13-18(15)23)26-22(28)25(14-21(27)24-16-7-3-2-4-8-16)19-9-5-6-10-20(19)31(26,29)30/h2-13H,14H2,1H3,(H,24,27). The molecule has 0 aromatic heterocycles. The van der Waals surface area contributed by atoms with E-state index >= 15 is 0 Å². The van der Waals surface area contributed by atoms with E-state index in [-0.39, 0.29) is 22.8 Å². The molecule has 1 aliphatic rings. The molecule has 9 heteroatoms. The second-order valence-electron chi connectivity index (χ2n) is 6.95. The number of anilines is 3. The number of rotatable bonds is 4. The van der Waals surface area contributed by atoms with Gasteiger partial charge in [0.1, 0.15) is 11.4 Å². The predicted molar refractivity (Wildman–Crippen MR) is 120 cm³/mol. The van der Waals surface area contributed by atoms with Gasteiger partial charge in [0, 0.05) is 10.7 Å². The van der Waals surface area contributed by atoms with Gasteiger partial charge < -0.3 is 5.32 Å². The van der Waals surface area contributed by atoms with E-state index in [1.54, 1.807) is 49.4 Å². The fraction of sp³-hybridized carbons (Fsp3) is 0.0909. The van der Waals surface area contributed by atoms with Gasteiger partial charge in [-0.25, -0.2) is 13.2 Å². The molecule has 0 atom stereocenters. The number of aryl methyl sites for hydroxylation is 1. The van der Waals surface area contributed by atoms with Gasteiger partial charge in [0.05, 0.1) is 11.4 Å². The van der Waals surface area contributed by atoms with Crippen molar-refractivity contribution in [2.45, 2.75) is 11.8 Å². The van der Waals surface area contributed by atoms with Crippen LogP contribution in [-0.4, -0.2) is 26.9 Å². The van der Waals surface area contributed by atoms with Crippen LogP contribution >= 0.6 is 11.6 Å². The minimum atomic E-state index is -4.19. The summed E-state index contributed by atoms with van der Waals surface area (Å²) in [6.45, 7) is 1.41. The van der Waals surface area contributed by atoms with Crippen molar-refractivity contribution < 1.29 is 18.0 Å². The molecule has 0 saturated carbocycles. The Kier molecular flexibility index (Phi) is 5.43. The first-order valence-electron chi connectivity index (χ1n) is 9.36. The molecule has 0 bridgehead atoms. The van der Waals surface area contributed by atoms with Crippen LogP contribution in [0.25, 0.3) is 0 Å². The molecular formula is C22H18ClN3O4S. The molecule has 3 aromatic rings. The van der Waals surface area contributed by atoms with Crippen molar-refractivity contribution in [2.24, 2.45) is 0 Å². The van der Waals surface area contributed by atoms with Crippen LogP contribution in [0.2, 0.25) is 5.02 Å². The number of nitrogens with one attached hydrogen (secondary N) is 1. The van der Waals surface area contributed by atoms with Crippen LogP contribution in [-0.2, 0) is 14.8 Å². The van der Waals surface area contributed by atoms with Gasteiger partial charge in [0.2, 0.25) is 5.91 Å². The molecule has 7 nitrogen and oxygen atoms in total. The second-order valence-corrected chi connectivity index (χ2v) is 9.12. The van der Waals surface area contributed by atoms with Crippen molar-refractivity contribution in [2.75, 3.05) is 21.1 Å². The lowest BCUT2D eigenvalue weighted by Crippen LogP contribution is -2.53. The molecule has 3 amide bonds. The Hall–Kier alpha value is -3.36. The van der Waals surface area contributed by atoms with Crippen LogP contribution in [0.3, 0.4) is 0 Å². The normalized spacial score (nSPS) is 14.8. The first-order valence-corrected chi connectivity index (χ1v) is 11.2. The predicted octanol–water partition coefficient (Wildman–Crippen LogP) is 4.42. The van der Waals surface area contributed by atoms with E-state index in [1.807, 2.05) is 6.07 Å². The maximum absolute atomic E-state index is 13.3. The first-order chi connectivity index (χ1) is 14.8. The summed E-state index contributed by atoms with van der Waals surface area (Å²) in [7, 11) is -4.19. The molecule has 0 spiro atoms. The Bertz CT molecular complexity index is 1280. The molecular weight excluding hydrogens is 438 g/mol. The number of hydrogen-bond acceptors (Lipinski definition) is 4. The summed E-state index contributed by atoms with van der Waals surface area (Å²) >= 11 is 6.17. The minimum Gasteiger partial charge on any atom is -0.325 e. The molecule has 0 unspecified atom stereocenters. The summed E-state index contributed by atoms with van der Waals surface area (Å²) < 4.78 is 27.2. The van der Waals surface area contributed by atoms with Gasteiger partial charge in [0.25, 0.3) is 10.0 Å². The van der Waals surface area contributed by atoms with Gasteiger partial charge in [-0.05, 0) is 48.9 Å². The van der Waals surface area contributed by atoms with Gasteiger partial charge in [-0.1, -0.05) is 48.0 Å². The third-order valence-corrected chi connectivity index (χ3v) is 6.98. The third-order valence-electron chi connectivity index (χ3n) is 4.83. The molecule has 4 rings (SSSR count). The average molecular weight is 456 g/mol. The molecule has 3 aromatic carbocycles. The summed E-state index contributed by atoms with van der Waals surface area (Å²) in [6, 6.07) is 18.6. The van der Waals surface area contributed by atoms with Gasteiger partial charge in [-0.15, -0.1) is 0 Å². The van der Waals surface area contributed by atoms with Gasteiger partial charge in [-0.2, -0.15) is 4.31 Å². The van der Waals surface area contributed by atoms with Crippen LogP contribution < -0.4 is 14.5 Å². The zero-order valence-corrected chi connectivity index (χ0v) is 18.0. The smallest absolute Gasteiger partial charge is 0.325 e. The topological polar surface area (TPSA) is 86.8 Å². The molecule has 31 heavy (non-hydrogen) atoms. The van der Waals surface area contributed by atoms with E-state index in [4.69, 9.17) is 11.6 Å². The Labute approximate surface area is 184 Å². The van der Waals surface area contributed by atoms with Crippen molar-refractivity contribution >= 4 is 50.6 Å². The second kappa shape index (κ2) is 8.05. The summed E-state index contributed by atoms with van der Waals surface area (Å²) in [5.41, 5.74) is 1.56. The van der Waals surface area contributed by atoms with Gasteiger partial charge >= 0.3 is 6.03 Å². The van der Waals surface area contributed by atoms with E-state index in [0.29, 0.717) is 15.0 Å². The number of para-hydroxylation sites is 2. The highest BCUT2D eigenvalue weighted by molar-refractivity contribution is 7.94. The van der Waals surface area contributed by atoms with E-state index in [0.717, 1.165) is 10.5 Å². The number of sulfonamides is 1. The van der Waals surface area contributed by atoms with Gasteiger partial charge in [0.15, 0.2) is 0 Å². The molecule has 1 heterocycles. The Balaban J connectivity index is 1.75. The number of nitrogens with zero attached hydrogens (tertiary/aromatic N) is 2. The molecule has 0 fully saturated rings. The molecule has 0 radical (unpaired) electrons. The fourth-order valence-corrected chi connectivity index (χ4v) is 5.05. The quantitative estimate of drug-likeness (QED) is 0.630. The lowest BCUT2D eigenvalue weighted by Gasteiger charge is -2.35. The van der Waals surface area contributed by atoms with Crippen molar-refractivity contribution in [3.05, 3.63) is 83.4 Å². The fourth-order valence-electron chi connectivity index (χ4n) is 3.29. The van der Waals surface area contributed by atoms with E-state index in [2.05, 4.69) is 5.32 Å². The molecule has 158 valence electrons. The highest BCUT2D eigenvalue weighted by atomic mass is 35.5. The van der Waals surface area contributed by atoms with Crippen molar-refractivity contribution in [3.8, 4) is 0 Å². The number of amides is 3. The van der Waals surface area contributed by atoms with Gasteiger partial charge in [-0.3, -0.25) is 9.69 Å². The number of fused-ring (bicyclic) bond motifs is 1. The number of halogens is 1. The van der Waals surface area contributed by atoms with Crippen molar-refractivity contribution in [1.29, 1.82) is 0 Å². The monoisotopic (exact) mass is 455 g/mol. The van der Waals surface area contributed by atoms with Crippen molar-refractivity contribution in [1.82, 2.24) is 0 Å². The lowest BCUT2D eigenvalue weighted by molar-refractivity contribution is -0.114. The van der Waals surface area contributed by atoms with Crippen LogP contribution in [0.5, 0.6) is 0 Å². The van der Waals surface area contributed by atoms with Crippen LogP contribution in [0, 0.1) is 6.92 Å². The zero-order valence-electron chi connectivity index (χ0n) is 16.4. The number of carbonyl (C=O) groups excluding carboxylic acids is 2. The minimum absolute atomic E-state index is 0.0705. The summed E-state index contributed by atoms with van der Waals surface area (Å²) in [4.78, 5) is 27.1. The first kappa shape index (κ1) is 20.9. The number of carbonyl (C=O) groups is 2. The van der Waals surface area contributed by atoms with E-state index in [9.17, 15) is 18.0 Å². The largest absolute Gasteiger partial charge is 0.343 e. The summed E-state index contributed by atoms with van der Waals surface area (Å²) in [5, 5.41) is 3.04. The highest BCUT2D eigenvalue weighted by Crippen LogP contribution is 2.38. The molecule has 1 N–H and O–H groups in total. The zero-order chi connectivity index (χ0) is 22.2. The number of urea groups is 1. The Morgan fingerprint density at radius 2 is 1.68 bits per heavy atom. The van der Waals surface area contributed by atoms with E-state index in [1.165, 1.54) is 24.3 Å². The molecule has 0 aliphatic carbocycles. The number of benzene rings is 3. The number of hydrogen-bond donors (Lipinski definition) is 1. The average Bonchev–Trinajstić information content (AvgIpc) is 2.74. The third kappa shape index (κ3) is 3.87. The van der Waals surface area contributed by atoms with Crippen LogP contribution in [0.1, 0.15) is 5.56 Å². The maximum atomic E-state index is 13.3. The van der Waals surface area contributed by atoms with Crippen LogP contribution in [0.15, 0.2) is 77.7 Å². The molecule has 0 saturated heterocycles. The summed E-state index contributed by atoms with van der Waals surface area (Å²) in [5.74, 6) is -0.462. The van der Waals surface area contributed by atoms with E-state index < -0.39 is 22.0 Å². The van der Waals surface area contributed by atoms with Crippen molar-refractivity contribution in [3.63, 3.8) is 0 Å². The Morgan fingerprint density at radius 3 is 2.39 bits per heavy atom. The molecule has 1 aliphatic heterocycles.